The smallest absolute Gasteiger partial charge is 0.268 e. The fraction of sp³-hybridized carbons (Fsp3) is 0.400. The van der Waals surface area contributed by atoms with E-state index in [2.05, 4.69) is 25.4 Å². The molecule has 0 amide bonds. The van der Waals surface area contributed by atoms with E-state index in [4.69, 9.17) is 11.6 Å². The summed E-state index contributed by atoms with van der Waals surface area (Å²) in [7, 11) is -3.79. The molecular weight excluding hydrogens is 347 g/mol. The number of halogens is 3. The molecule has 4 nitrogen and oxygen atoms in total. The molecule has 0 atom stereocenters. The zero-order chi connectivity index (χ0) is 14.1. The Labute approximate surface area is 119 Å². The monoisotopic (exact) mass is 358 g/mol. The lowest BCUT2D eigenvalue weighted by Crippen LogP contribution is -2.43. The van der Waals surface area contributed by atoms with E-state index in [9.17, 15) is 12.8 Å². The predicted molar refractivity (Wildman–Crippen MR) is 74.5 cm³/mol. The zero-order valence-electron chi connectivity index (χ0n) is 10.0. The van der Waals surface area contributed by atoms with Crippen molar-refractivity contribution in [2.24, 2.45) is 0 Å². The number of anilines is 1. The highest BCUT2D eigenvalue weighted by Gasteiger charge is 2.21. The lowest BCUT2D eigenvalue weighted by atomic mass is 10.1. The molecule has 0 aromatic heterocycles. The largest absolute Gasteiger partial charge is 0.299 e. The zero-order valence-corrected chi connectivity index (χ0v) is 13.2. The van der Waals surface area contributed by atoms with Crippen LogP contribution in [0.1, 0.15) is 20.8 Å². The van der Waals surface area contributed by atoms with Gasteiger partial charge in [0.05, 0.1) is 10.7 Å². The van der Waals surface area contributed by atoms with Crippen molar-refractivity contribution in [1.82, 2.24) is 4.72 Å². The van der Waals surface area contributed by atoms with E-state index >= 15 is 0 Å². The minimum Gasteiger partial charge on any atom is -0.268 e. The third-order valence-electron chi connectivity index (χ3n) is 1.68. The molecule has 1 aromatic rings. The minimum absolute atomic E-state index is 0.0267. The van der Waals surface area contributed by atoms with E-state index in [1.54, 1.807) is 20.8 Å². The van der Waals surface area contributed by atoms with Gasteiger partial charge in [-0.25, -0.2) is 4.39 Å². The first kappa shape index (κ1) is 15.7. The molecule has 0 aliphatic rings. The van der Waals surface area contributed by atoms with Gasteiger partial charge in [0, 0.05) is 10.0 Å². The van der Waals surface area contributed by atoms with Gasteiger partial charge in [-0.2, -0.15) is 13.1 Å². The third-order valence-corrected chi connectivity index (χ3v) is 3.96. The maximum Gasteiger partial charge on any atom is 0.299 e. The first-order valence-electron chi connectivity index (χ1n) is 4.96. The van der Waals surface area contributed by atoms with Crippen LogP contribution in [-0.4, -0.2) is 14.0 Å². The number of hydrogen-bond acceptors (Lipinski definition) is 2. The lowest BCUT2D eigenvalue weighted by molar-refractivity contribution is 0.494. The topological polar surface area (TPSA) is 58.2 Å². The Hall–Kier alpha value is -0.370. The van der Waals surface area contributed by atoms with Crippen molar-refractivity contribution in [1.29, 1.82) is 0 Å². The van der Waals surface area contributed by atoms with Crippen molar-refractivity contribution in [3.63, 3.8) is 0 Å². The van der Waals surface area contributed by atoms with E-state index in [0.29, 0.717) is 0 Å². The third kappa shape index (κ3) is 4.72. The Morgan fingerprint density at radius 1 is 1.33 bits per heavy atom. The Morgan fingerprint density at radius 2 is 1.89 bits per heavy atom. The van der Waals surface area contributed by atoms with Crippen molar-refractivity contribution in [3.8, 4) is 0 Å². The second-order valence-corrected chi connectivity index (χ2v) is 7.38. The van der Waals surface area contributed by atoms with Crippen LogP contribution in [0.25, 0.3) is 0 Å². The fourth-order valence-corrected chi connectivity index (χ4v) is 3.63. The molecule has 0 saturated heterocycles. The minimum atomic E-state index is -3.79. The molecule has 0 aliphatic heterocycles. The van der Waals surface area contributed by atoms with Gasteiger partial charge in [-0.05, 0) is 48.8 Å². The molecule has 102 valence electrons. The normalized spacial score (nSPS) is 12.6. The van der Waals surface area contributed by atoms with Crippen LogP contribution in [0.2, 0.25) is 5.02 Å². The molecule has 0 bridgehead atoms. The van der Waals surface area contributed by atoms with Gasteiger partial charge in [-0.15, -0.1) is 0 Å². The molecule has 0 spiro atoms. The highest BCUT2D eigenvalue weighted by Crippen LogP contribution is 2.32. The van der Waals surface area contributed by atoms with Crippen LogP contribution in [0.4, 0.5) is 10.1 Å². The molecule has 0 aliphatic carbocycles. The molecule has 1 aromatic carbocycles. The standard InChI is InChI=1S/C10H13BrClFN2O2S/c1-10(2,3)15-18(16,17)14-9-7(11)4-6(13)5-8(9)12/h4-5,14-15H,1-3H3. The molecule has 0 heterocycles. The summed E-state index contributed by atoms with van der Waals surface area (Å²) in [5.41, 5.74) is -0.542. The number of rotatable bonds is 3. The number of nitrogens with one attached hydrogen (secondary N) is 2. The Balaban J connectivity index is 3.06. The fourth-order valence-electron chi connectivity index (χ4n) is 1.20. The summed E-state index contributed by atoms with van der Waals surface area (Å²) >= 11 is 8.84. The van der Waals surface area contributed by atoms with E-state index in [1.807, 2.05) is 0 Å². The van der Waals surface area contributed by atoms with Gasteiger partial charge in [0.1, 0.15) is 5.82 Å². The summed E-state index contributed by atoms with van der Waals surface area (Å²) in [5, 5.41) is -0.0267. The Bertz CT molecular complexity index is 534. The van der Waals surface area contributed by atoms with E-state index in [0.717, 1.165) is 12.1 Å². The highest BCUT2D eigenvalue weighted by atomic mass is 79.9. The maximum atomic E-state index is 13.0. The first-order valence-corrected chi connectivity index (χ1v) is 7.62. The van der Waals surface area contributed by atoms with Gasteiger partial charge >= 0.3 is 0 Å². The first-order chi connectivity index (χ1) is 8.00. The molecule has 0 saturated carbocycles. The average Bonchev–Trinajstić information content (AvgIpc) is 2.07. The van der Waals surface area contributed by atoms with Gasteiger partial charge < -0.3 is 0 Å². The number of hydrogen-bond donors (Lipinski definition) is 2. The van der Waals surface area contributed by atoms with Gasteiger partial charge in [0.2, 0.25) is 0 Å². The highest BCUT2D eigenvalue weighted by molar-refractivity contribution is 9.10. The van der Waals surface area contributed by atoms with E-state index in [1.165, 1.54) is 0 Å². The SMILES string of the molecule is CC(C)(C)NS(=O)(=O)Nc1c(Cl)cc(F)cc1Br. The van der Waals surface area contributed by atoms with Crippen molar-refractivity contribution in [2.45, 2.75) is 26.3 Å². The van der Waals surface area contributed by atoms with Crippen LogP contribution in [0.15, 0.2) is 16.6 Å². The van der Waals surface area contributed by atoms with Gasteiger partial charge in [-0.1, -0.05) is 11.6 Å². The second-order valence-electron chi connectivity index (χ2n) is 4.70. The number of benzene rings is 1. The van der Waals surface area contributed by atoms with Crippen LogP contribution in [0.5, 0.6) is 0 Å². The van der Waals surface area contributed by atoms with Crippen molar-refractivity contribution < 1.29 is 12.8 Å². The summed E-state index contributed by atoms with van der Waals surface area (Å²) in [6, 6.07) is 2.15. The van der Waals surface area contributed by atoms with Crippen LogP contribution < -0.4 is 9.44 Å². The Kier molecular flexibility index (Phi) is 4.64. The summed E-state index contributed by atoms with van der Waals surface area (Å²) in [5.74, 6) is -0.557. The Morgan fingerprint density at radius 3 is 2.33 bits per heavy atom. The molecule has 2 N–H and O–H groups in total. The van der Waals surface area contributed by atoms with Crippen molar-refractivity contribution in [2.75, 3.05) is 4.72 Å². The second kappa shape index (κ2) is 5.32. The summed E-state index contributed by atoms with van der Waals surface area (Å²) in [6.07, 6.45) is 0. The molecule has 0 unspecified atom stereocenters. The summed E-state index contributed by atoms with van der Waals surface area (Å²) < 4.78 is 41.5. The molecule has 1 rings (SSSR count). The molecule has 8 heteroatoms. The average molecular weight is 360 g/mol. The van der Waals surface area contributed by atoms with Gasteiger partial charge in [-0.3, -0.25) is 4.72 Å². The summed E-state index contributed by atoms with van der Waals surface area (Å²) in [4.78, 5) is 0. The van der Waals surface area contributed by atoms with Crippen molar-refractivity contribution >= 4 is 43.4 Å². The van der Waals surface area contributed by atoms with Gasteiger partial charge in [0.25, 0.3) is 10.2 Å². The molecule has 0 fully saturated rings. The van der Waals surface area contributed by atoms with E-state index in [-0.39, 0.29) is 15.2 Å². The molecule has 0 radical (unpaired) electrons. The van der Waals surface area contributed by atoms with Gasteiger partial charge in [0.15, 0.2) is 0 Å². The maximum absolute atomic E-state index is 13.0. The van der Waals surface area contributed by atoms with Crippen LogP contribution in [0, 0.1) is 5.82 Å². The van der Waals surface area contributed by atoms with Crippen LogP contribution in [0.3, 0.4) is 0 Å². The molecule has 18 heavy (non-hydrogen) atoms. The van der Waals surface area contributed by atoms with Crippen LogP contribution in [-0.2, 0) is 10.2 Å². The van der Waals surface area contributed by atoms with Crippen molar-refractivity contribution in [3.05, 3.63) is 27.4 Å². The quantitative estimate of drug-likeness (QED) is 0.870. The summed E-state index contributed by atoms with van der Waals surface area (Å²) in [6.45, 7) is 5.11. The van der Waals surface area contributed by atoms with E-state index < -0.39 is 21.6 Å². The predicted octanol–water partition coefficient (Wildman–Crippen LogP) is 3.29. The lowest BCUT2D eigenvalue weighted by Gasteiger charge is -2.21. The van der Waals surface area contributed by atoms with Crippen LogP contribution >= 0.6 is 27.5 Å². The molecular formula is C10H13BrClFN2O2S.